The van der Waals surface area contributed by atoms with Crippen molar-refractivity contribution < 1.29 is 19.1 Å². The Morgan fingerprint density at radius 1 is 1.25 bits per heavy atom. The molecule has 0 radical (unpaired) electrons. The second kappa shape index (κ2) is 9.12. The lowest BCUT2D eigenvalue weighted by atomic mass is 10.1. The van der Waals surface area contributed by atoms with Gasteiger partial charge in [0.2, 0.25) is 5.91 Å². The predicted octanol–water partition coefficient (Wildman–Crippen LogP) is 1.51. The fourth-order valence-corrected chi connectivity index (χ4v) is 2.71. The van der Waals surface area contributed by atoms with E-state index in [1.54, 1.807) is 0 Å². The number of ether oxygens (including phenoxy) is 2. The molecule has 1 aromatic carbocycles. The molecule has 132 valence electrons. The number of piperidine rings is 1. The standard InChI is InChI=1S/C17H25N3O4/c1-2-23-14-5-3-4-6-15(14)24-13-7-10-20(11-8-13)12-9-16(21)19-17(18)22/h3-6,13H,2,7-12H2,1H3,(H3,18,19,21,22). The lowest BCUT2D eigenvalue weighted by Gasteiger charge is -2.32. The van der Waals surface area contributed by atoms with E-state index in [1.165, 1.54) is 0 Å². The van der Waals surface area contributed by atoms with Gasteiger partial charge in [0.15, 0.2) is 11.5 Å². The molecule has 1 aromatic rings. The number of nitrogens with one attached hydrogen (secondary N) is 1. The van der Waals surface area contributed by atoms with Crippen molar-refractivity contribution in [1.29, 1.82) is 0 Å². The van der Waals surface area contributed by atoms with E-state index in [2.05, 4.69) is 10.2 Å². The third-order valence-electron chi connectivity index (χ3n) is 3.89. The summed E-state index contributed by atoms with van der Waals surface area (Å²) < 4.78 is 11.7. The van der Waals surface area contributed by atoms with Gasteiger partial charge in [-0.1, -0.05) is 12.1 Å². The van der Waals surface area contributed by atoms with E-state index < -0.39 is 6.03 Å². The molecule has 0 aromatic heterocycles. The lowest BCUT2D eigenvalue weighted by molar-refractivity contribution is -0.120. The Morgan fingerprint density at radius 2 is 1.92 bits per heavy atom. The Bertz CT molecular complexity index is 557. The summed E-state index contributed by atoms with van der Waals surface area (Å²) in [5.74, 6) is 1.20. The quantitative estimate of drug-likeness (QED) is 0.788. The number of carbonyl (C=O) groups excluding carboxylic acids is 2. The van der Waals surface area contributed by atoms with Crippen LogP contribution in [0.2, 0.25) is 0 Å². The van der Waals surface area contributed by atoms with E-state index in [-0.39, 0.29) is 18.4 Å². The van der Waals surface area contributed by atoms with Gasteiger partial charge in [-0.2, -0.15) is 0 Å². The maximum absolute atomic E-state index is 11.4. The molecule has 3 N–H and O–H groups in total. The van der Waals surface area contributed by atoms with Crippen LogP contribution in [0.1, 0.15) is 26.2 Å². The maximum atomic E-state index is 11.4. The van der Waals surface area contributed by atoms with E-state index in [4.69, 9.17) is 15.2 Å². The molecular weight excluding hydrogens is 310 g/mol. The van der Waals surface area contributed by atoms with Gasteiger partial charge in [0.05, 0.1) is 6.61 Å². The predicted molar refractivity (Wildman–Crippen MR) is 90.0 cm³/mol. The highest BCUT2D eigenvalue weighted by Crippen LogP contribution is 2.29. The average molecular weight is 335 g/mol. The van der Waals surface area contributed by atoms with Gasteiger partial charge in [0.1, 0.15) is 6.10 Å². The van der Waals surface area contributed by atoms with E-state index in [0.717, 1.165) is 37.4 Å². The highest BCUT2D eigenvalue weighted by atomic mass is 16.5. The average Bonchev–Trinajstić information content (AvgIpc) is 2.56. The number of nitrogens with two attached hydrogens (primary N) is 1. The van der Waals surface area contributed by atoms with Crippen LogP contribution < -0.4 is 20.5 Å². The topological polar surface area (TPSA) is 93.9 Å². The lowest BCUT2D eigenvalue weighted by Crippen LogP contribution is -2.41. The second-order valence-electron chi connectivity index (χ2n) is 5.70. The number of primary amides is 1. The van der Waals surface area contributed by atoms with Crippen LogP contribution in [0.3, 0.4) is 0 Å². The Hall–Kier alpha value is -2.28. The molecule has 0 bridgehead atoms. The van der Waals surface area contributed by atoms with Gasteiger partial charge in [-0.3, -0.25) is 10.1 Å². The molecular formula is C17H25N3O4. The number of nitrogens with zero attached hydrogens (tertiary/aromatic N) is 1. The fraction of sp³-hybridized carbons (Fsp3) is 0.529. The zero-order valence-electron chi connectivity index (χ0n) is 14.0. The highest BCUT2D eigenvalue weighted by molar-refractivity contribution is 5.93. The zero-order chi connectivity index (χ0) is 17.4. The number of amides is 3. The van der Waals surface area contributed by atoms with Gasteiger partial charge in [0.25, 0.3) is 0 Å². The molecule has 7 nitrogen and oxygen atoms in total. The molecule has 7 heteroatoms. The maximum Gasteiger partial charge on any atom is 0.318 e. The van der Waals surface area contributed by atoms with Gasteiger partial charge < -0.3 is 20.1 Å². The summed E-state index contributed by atoms with van der Waals surface area (Å²) in [5.41, 5.74) is 4.92. The summed E-state index contributed by atoms with van der Waals surface area (Å²) in [4.78, 5) is 24.2. The first kappa shape index (κ1) is 18.1. The minimum atomic E-state index is -0.805. The molecule has 0 spiro atoms. The Morgan fingerprint density at radius 3 is 2.54 bits per heavy atom. The highest BCUT2D eigenvalue weighted by Gasteiger charge is 2.22. The van der Waals surface area contributed by atoms with Crippen molar-refractivity contribution >= 4 is 11.9 Å². The first-order valence-corrected chi connectivity index (χ1v) is 8.28. The Labute approximate surface area is 142 Å². The first-order valence-electron chi connectivity index (χ1n) is 8.28. The van der Waals surface area contributed by atoms with Crippen molar-refractivity contribution in [3.8, 4) is 11.5 Å². The Balaban J connectivity index is 1.75. The van der Waals surface area contributed by atoms with Crippen molar-refractivity contribution in [2.24, 2.45) is 5.73 Å². The van der Waals surface area contributed by atoms with Gasteiger partial charge in [0, 0.05) is 26.1 Å². The molecule has 0 aliphatic carbocycles. The van der Waals surface area contributed by atoms with Gasteiger partial charge in [-0.25, -0.2) is 4.79 Å². The number of urea groups is 1. The van der Waals surface area contributed by atoms with Crippen molar-refractivity contribution in [2.45, 2.75) is 32.3 Å². The molecule has 24 heavy (non-hydrogen) atoms. The van der Waals surface area contributed by atoms with Crippen LogP contribution in [0.5, 0.6) is 11.5 Å². The van der Waals surface area contributed by atoms with Crippen LogP contribution in [0.25, 0.3) is 0 Å². The summed E-state index contributed by atoms with van der Waals surface area (Å²) in [6.07, 6.45) is 2.18. The van der Waals surface area contributed by atoms with Crippen molar-refractivity contribution in [1.82, 2.24) is 10.2 Å². The molecule has 2 rings (SSSR count). The second-order valence-corrected chi connectivity index (χ2v) is 5.70. The summed E-state index contributed by atoms with van der Waals surface area (Å²) in [6.45, 7) is 4.87. The number of rotatable bonds is 7. The number of likely N-dealkylation sites (tertiary alicyclic amines) is 1. The smallest absolute Gasteiger partial charge is 0.318 e. The normalized spacial score (nSPS) is 15.7. The first-order chi connectivity index (χ1) is 11.6. The fourth-order valence-electron chi connectivity index (χ4n) is 2.71. The van der Waals surface area contributed by atoms with Gasteiger partial charge in [-0.05, 0) is 31.9 Å². The number of imide groups is 1. The molecule has 1 heterocycles. The molecule has 1 aliphatic heterocycles. The van der Waals surface area contributed by atoms with Gasteiger partial charge >= 0.3 is 6.03 Å². The number of carbonyl (C=O) groups is 2. The summed E-state index contributed by atoms with van der Waals surface area (Å²) in [5, 5.41) is 2.08. The SMILES string of the molecule is CCOc1ccccc1OC1CCN(CCC(=O)NC(N)=O)CC1. The molecule has 1 fully saturated rings. The molecule has 1 saturated heterocycles. The van der Waals surface area contributed by atoms with Crippen LogP contribution >= 0.6 is 0 Å². The zero-order valence-corrected chi connectivity index (χ0v) is 14.0. The van der Waals surface area contributed by atoms with Crippen LogP contribution in [0.15, 0.2) is 24.3 Å². The number of hydrogen-bond acceptors (Lipinski definition) is 5. The molecule has 0 atom stereocenters. The molecule has 3 amide bonds. The van der Waals surface area contributed by atoms with Gasteiger partial charge in [-0.15, -0.1) is 0 Å². The van der Waals surface area contributed by atoms with E-state index in [1.807, 2.05) is 31.2 Å². The van der Waals surface area contributed by atoms with E-state index in [0.29, 0.717) is 13.2 Å². The van der Waals surface area contributed by atoms with E-state index >= 15 is 0 Å². The third kappa shape index (κ3) is 5.73. The molecule has 0 unspecified atom stereocenters. The summed E-state index contributed by atoms with van der Waals surface area (Å²) in [6, 6.07) is 6.89. The van der Waals surface area contributed by atoms with Crippen molar-refractivity contribution in [3.63, 3.8) is 0 Å². The molecule has 0 saturated carbocycles. The third-order valence-corrected chi connectivity index (χ3v) is 3.89. The van der Waals surface area contributed by atoms with Crippen LogP contribution in [-0.4, -0.2) is 49.2 Å². The largest absolute Gasteiger partial charge is 0.490 e. The number of benzene rings is 1. The van der Waals surface area contributed by atoms with Crippen LogP contribution in [0.4, 0.5) is 4.79 Å². The number of para-hydroxylation sites is 2. The number of hydrogen-bond donors (Lipinski definition) is 2. The Kier molecular flexibility index (Phi) is 6.87. The van der Waals surface area contributed by atoms with Crippen LogP contribution in [-0.2, 0) is 4.79 Å². The summed E-state index contributed by atoms with van der Waals surface area (Å²) >= 11 is 0. The van der Waals surface area contributed by atoms with Crippen molar-refractivity contribution in [3.05, 3.63) is 24.3 Å². The van der Waals surface area contributed by atoms with Crippen molar-refractivity contribution in [2.75, 3.05) is 26.2 Å². The summed E-state index contributed by atoms with van der Waals surface area (Å²) in [7, 11) is 0. The van der Waals surface area contributed by atoms with Crippen LogP contribution in [0, 0.1) is 0 Å². The monoisotopic (exact) mass is 335 g/mol. The minimum Gasteiger partial charge on any atom is -0.490 e. The van der Waals surface area contributed by atoms with E-state index in [9.17, 15) is 9.59 Å². The minimum absolute atomic E-state index is 0.141. The molecule has 1 aliphatic rings.